The molecule has 1 fully saturated rings. The van der Waals surface area contributed by atoms with E-state index in [4.69, 9.17) is 0 Å². The van der Waals surface area contributed by atoms with Crippen LogP contribution in [0.3, 0.4) is 0 Å². The fourth-order valence-corrected chi connectivity index (χ4v) is 2.66. The van der Waals surface area contributed by atoms with Crippen LogP contribution in [0.25, 0.3) is 0 Å². The minimum absolute atomic E-state index is 0.0114. The van der Waals surface area contributed by atoms with Crippen LogP contribution in [0.1, 0.15) is 25.7 Å². The summed E-state index contributed by atoms with van der Waals surface area (Å²) in [6.07, 6.45) is 4.56. The van der Waals surface area contributed by atoms with E-state index in [1.54, 1.807) is 7.05 Å². The Balaban J connectivity index is 1.79. The molecule has 1 aromatic rings. The summed E-state index contributed by atoms with van der Waals surface area (Å²) in [6.45, 7) is 0. The molecule has 17 heavy (non-hydrogen) atoms. The zero-order valence-electron chi connectivity index (χ0n) is 9.73. The molecule has 0 saturated heterocycles. The topological polar surface area (TPSA) is 79.8 Å². The average Bonchev–Trinajstić information content (AvgIpc) is 2.90. The molecule has 0 radical (unpaired) electrons. The number of H-pyrrole nitrogens is 1. The number of nitrogens with zero attached hydrogens (tertiary/aromatic N) is 2. The first-order valence-corrected chi connectivity index (χ1v) is 6.69. The molecule has 94 valence electrons. The molecule has 1 aliphatic carbocycles. The van der Waals surface area contributed by atoms with Crippen molar-refractivity contribution in [2.75, 3.05) is 5.75 Å². The van der Waals surface area contributed by atoms with E-state index in [9.17, 15) is 9.59 Å². The lowest BCUT2D eigenvalue weighted by molar-refractivity contribution is -0.119. The molecule has 1 aromatic heterocycles. The highest BCUT2D eigenvalue weighted by Crippen LogP contribution is 2.18. The molecule has 0 atom stereocenters. The van der Waals surface area contributed by atoms with Gasteiger partial charge in [-0.25, -0.2) is 9.89 Å². The van der Waals surface area contributed by atoms with E-state index in [0.717, 1.165) is 12.8 Å². The number of thioether (sulfide) groups is 1. The van der Waals surface area contributed by atoms with Crippen LogP contribution >= 0.6 is 11.8 Å². The second-order valence-corrected chi connectivity index (χ2v) is 5.15. The van der Waals surface area contributed by atoms with Gasteiger partial charge in [-0.2, -0.15) is 0 Å². The summed E-state index contributed by atoms with van der Waals surface area (Å²) in [4.78, 5) is 22.7. The third-order valence-corrected chi connectivity index (χ3v) is 3.92. The molecule has 2 rings (SSSR count). The van der Waals surface area contributed by atoms with E-state index >= 15 is 0 Å². The van der Waals surface area contributed by atoms with Crippen molar-refractivity contribution in [2.24, 2.45) is 7.05 Å². The lowest BCUT2D eigenvalue weighted by Crippen LogP contribution is -2.33. The van der Waals surface area contributed by atoms with Gasteiger partial charge in [-0.15, -0.1) is 5.10 Å². The summed E-state index contributed by atoms with van der Waals surface area (Å²) in [6, 6.07) is 0.339. The molecule has 7 heteroatoms. The van der Waals surface area contributed by atoms with Crippen LogP contribution in [0.15, 0.2) is 9.95 Å². The van der Waals surface area contributed by atoms with Crippen LogP contribution in [0.4, 0.5) is 0 Å². The van der Waals surface area contributed by atoms with Crippen molar-refractivity contribution in [2.45, 2.75) is 36.9 Å². The summed E-state index contributed by atoms with van der Waals surface area (Å²) in [5, 5.41) is 9.69. The lowest BCUT2D eigenvalue weighted by atomic mass is 10.2. The molecular weight excluding hydrogens is 240 g/mol. The van der Waals surface area contributed by atoms with Crippen LogP contribution < -0.4 is 11.0 Å². The van der Waals surface area contributed by atoms with Gasteiger partial charge in [-0.3, -0.25) is 9.36 Å². The van der Waals surface area contributed by atoms with Gasteiger partial charge in [0.15, 0.2) is 5.16 Å². The van der Waals surface area contributed by atoms with Crippen molar-refractivity contribution in [1.29, 1.82) is 0 Å². The van der Waals surface area contributed by atoms with Crippen molar-refractivity contribution in [1.82, 2.24) is 20.1 Å². The Morgan fingerprint density at radius 1 is 1.59 bits per heavy atom. The van der Waals surface area contributed by atoms with Gasteiger partial charge in [0.05, 0.1) is 5.75 Å². The molecule has 1 heterocycles. The van der Waals surface area contributed by atoms with E-state index in [1.807, 2.05) is 0 Å². The summed E-state index contributed by atoms with van der Waals surface area (Å²) in [5.41, 5.74) is -0.260. The number of amides is 1. The predicted octanol–water partition coefficient (Wildman–Crippen LogP) is 0.259. The number of nitrogens with one attached hydrogen (secondary N) is 2. The molecular formula is C10H16N4O2S. The zero-order chi connectivity index (χ0) is 12.3. The van der Waals surface area contributed by atoms with Gasteiger partial charge in [0.1, 0.15) is 0 Å². The summed E-state index contributed by atoms with van der Waals surface area (Å²) >= 11 is 1.27. The van der Waals surface area contributed by atoms with Crippen LogP contribution in [0.2, 0.25) is 0 Å². The molecule has 0 spiro atoms. The first kappa shape index (κ1) is 12.2. The van der Waals surface area contributed by atoms with E-state index in [0.29, 0.717) is 17.0 Å². The number of rotatable bonds is 4. The second kappa shape index (κ2) is 5.39. The van der Waals surface area contributed by atoms with Gasteiger partial charge in [0.25, 0.3) is 0 Å². The third kappa shape index (κ3) is 3.12. The minimum Gasteiger partial charge on any atom is -0.353 e. The molecule has 2 N–H and O–H groups in total. The smallest absolute Gasteiger partial charge is 0.343 e. The minimum atomic E-state index is -0.260. The fraction of sp³-hybridized carbons (Fsp3) is 0.700. The first-order valence-electron chi connectivity index (χ1n) is 5.70. The van der Waals surface area contributed by atoms with Gasteiger partial charge >= 0.3 is 5.69 Å². The maximum Gasteiger partial charge on any atom is 0.343 e. The first-order chi connectivity index (χ1) is 8.16. The highest BCUT2D eigenvalue weighted by Gasteiger charge is 2.17. The Morgan fingerprint density at radius 3 is 2.88 bits per heavy atom. The van der Waals surface area contributed by atoms with Crippen molar-refractivity contribution in [3.63, 3.8) is 0 Å². The van der Waals surface area contributed by atoms with E-state index < -0.39 is 0 Å². The Labute approximate surface area is 103 Å². The van der Waals surface area contributed by atoms with Gasteiger partial charge in [-0.1, -0.05) is 24.6 Å². The Kier molecular flexibility index (Phi) is 3.88. The number of hydrogen-bond acceptors (Lipinski definition) is 4. The summed E-state index contributed by atoms with van der Waals surface area (Å²) in [5.74, 6) is 0.312. The molecule has 1 amide bonds. The molecule has 6 nitrogen and oxygen atoms in total. The largest absolute Gasteiger partial charge is 0.353 e. The highest BCUT2D eigenvalue weighted by atomic mass is 32.2. The molecule has 0 unspecified atom stereocenters. The molecule has 0 aromatic carbocycles. The molecule has 1 saturated carbocycles. The van der Waals surface area contributed by atoms with E-state index in [-0.39, 0.29) is 11.6 Å². The number of carbonyl (C=O) groups is 1. The van der Waals surface area contributed by atoms with Crippen LogP contribution in [0.5, 0.6) is 0 Å². The maximum atomic E-state index is 11.6. The van der Waals surface area contributed by atoms with Crippen molar-refractivity contribution < 1.29 is 4.79 Å². The molecule has 0 aliphatic heterocycles. The number of aromatic nitrogens is 3. The van der Waals surface area contributed by atoms with Crippen LogP contribution in [-0.2, 0) is 11.8 Å². The lowest BCUT2D eigenvalue weighted by Gasteiger charge is -2.10. The van der Waals surface area contributed by atoms with Gasteiger partial charge in [0.2, 0.25) is 5.91 Å². The number of aromatic amines is 1. The van der Waals surface area contributed by atoms with E-state index in [2.05, 4.69) is 15.5 Å². The molecule has 0 bridgehead atoms. The zero-order valence-corrected chi connectivity index (χ0v) is 10.5. The average molecular weight is 256 g/mol. The third-order valence-electron chi connectivity index (χ3n) is 2.89. The monoisotopic (exact) mass is 256 g/mol. The quantitative estimate of drug-likeness (QED) is 0.757. The van der Waals surface area contributed by atoms with Crippen molar-refractivity contribution in [3.05, 3.63) is 10.5 Å². The summed E-state index contributed by atoms with van der Waals surface area (Å²) < 4.78 is 1.40. The van der Waals surface area contributed by atoms with Crippen LogP contribution in [0, 0.1) is 0 Å². The number of hydrogen-bond donors (Lipinski definition) is 2. The number of carbonyl (C=O) groups excluding carboxylic acids is 1. The second-order valence-electron chi connectivity index (χ2n) is 4.21. The maximum absolute atomic E-state index is 11.6. The van der Waals surface area contributed by atoms with Crippen LogP contribution in [-0.4, -0.2) is 32.5 Å². The standard InChI is InChI=1S/C10H16N4O2S/c1-14-9(16)12-13-10(14)17-6-8(15)11-7-4-2-3-5-7/h7H,2-6H2,1H3,(H,11,15)(H,12,16). The highest BCUT2D eigenvalue weighted by molar-refractivity contribution is 7.99. The summed E-state index contributed by atoms with van der Waals surface area (Å²) in [7, 11) is 1.63. The van der Waals surface area contributed by atoms with E-state index in [1.165, 1.54) is 29.2 Å². The Hall–Kier alpha value is -1.24. The predicted molar refractivity (Wildman–Crippen MR) is 65.0 cm³/mol. The fourth-order valence-electron chi connectivity index (χ4n) is 1.93. The Bertz CT molecular complexity index is 447. The van der Waals surface area contributed by atoms with Crippen molar-refractivity contribution in [3.8, 4) is 0 Å². The SMILES string of the molecule is Cn1c(SCC(=O)NC2CCCC2)n[nH]c1=O. The van der Waals surface area contributed by atoms with Gasteiger partial charge < -0.3 is 5.32 Å². The normalized spacial score (nSPS) is 16.3. The van der Waals surface area contributed by atoms with Gasteiger partial charge in [-0.05, 0) is 12.8 Å². The Morgan fingerprint density at radius 2 is 2.29 bits per heavy atom. The van der Waals surface area contributed by atoms with Crippen molar-refractivity contribution >= 4 is 17.7 Å². The molecule has 1 aliphatic rings. The van der Waals surface area contributed by atoms with Gasteiger partial charge in [0, 0.05) is 13.1 Å².